The topological polar surface area (TPSA) is 73.6 Å². The van der Waals surface area contributed by atoms with E-state index in [9.17, 15) is 19.2 Å². The number of amides is 2. The Morgan fingerprint density at radius 1 is 1.14 bits per heavy atom. The van der Waals surface area contributed by atoms with Gasteiger partial charge in [-0.15, -0.1) is 0 Å². The minimum atomic E-state index is -1.18. The van der Waals surface area contributed by atoms with Crippen molar-refractivity contribution in [2.45, 2.75) is 89.1 Å². The largest absolute Gasteiger partial charge is 0.444 e. The summed E-state index contributed by atoms with van der Waals surface area (Å²) in [5.74, 6) is 1.47. The number of nitrogens with zero attached hydrogens (tertiary/aromatic N) is 3. The molecule has 0 aromatic heterocycles. The second-order valence-corrected chi connectivity index (χ2v) is 10.7. The standard InChI is InChI=1S/C22H32FN3O3/c1-21(2,3)29-20(28)26(13-19(27)25-12-17(23)7-18(25)11-24)22-8-14-4-15(9-22)6-16(5-14)10-22/h14-18H,4-10,12-13H2,1-3H3. The van der Waals surface area contributed by atoms with Crippen molar-refractivity contribution in [1.82, 2.24) is 9.80 Å². The first kappa shape index (κ1) is 20.4. The third-order valence-corrected chi connectivity index (χ3v) is 7.21. The Balaban J connectivity index is 1.59. The normalized spacial score (nSPS) is 38.0. The van der Waals surface area contributed by atoms with E-state index in [2.05, 4.69) is 0 Å². The average molecular weight is 406 g/mol. The van der Waals surface area contributed by atoms with Gasteiger partial charge in [0.15, 0.2) is 0 Å². The lowest BCUT2D eigenvalue weighted by Crippen LogP contribution is -2.63. The quantitative estimate of drug-likeness (QED) is 0.718. The van der Waals surface area contributed by atoms with E-state index in [4.69, 9.17) is 4.74 Å². The molecule has 160 valence electrons. The fourth-order valence-corrected chi connectivity index (χ4v) is 6.55. The molecule has 0 spiro atoms. The molecule has 0 N–H and O–H groups in total. The molecule has 6 nitrogen and oxygen atoms in total. The van der Waals surface area contributed by atoms with Gasteiger partial charge in [0.25, 0.3) is 0 Å². The van der Waals surface area contributed by atoms with Crippen LogP contribution in [0, 0.1) is 29.1 Å². The Morgan fingerprint density at radius 3 is 2.17 bits per heavy atom. The van der Waals surface area contributed by atoms with Crippen molar-refractivity contribution in [3.63, 3.8) is 0 Å². The SMILES string of the molecule is CC(C)(C)OC(=O)N(CC(=O)N1CC(F)CC1C#N)C12CC3CC(CC(C3)C1)C2. The van der Waals surface area contributed by atoms with Gasteiger partial charge in [-0.25, -0.2) is 9.18 Å². The van der Waals surface area contributed by atoms with E-state index >= 15 is 0 Å². The maximum Gasteiger partial charge on any atom is 0.411 e. The smallest absolute Gasteiger partial charge is 0.411 e. The van der Waals surface area contributed by atoms with Gasteiger partial charge in [0.05, 0.1) is 12.6 Å². The first-order valence-corrected chi connectivity index (χ1v) is 10.9. The van der Waals surface area contributed by atoms with Crippen LogP contribution in [0.1, 0.15) is 65.7 Å². The molecule has 2 atom stereocenters. The summed E-state index contributed by atoms with van der Waals surface area (Å²) in [5, 5.41) is 9.31. The van der Waals surface area contributed by atoms with Crippen LogP contribution in [0.15, 0.2) is 0 Å². The minimum absolute atomic E-state index is 0.0477. The third kappa shape index (κ3) is 3.95. The lowest BCUT2D eigenvalue weighted by atomic mass is 9.52. The highest BCUT2D eigenvalue weighted by molar-refractivity contribution is 5.83. The monoisotopic (exact) mass is 405 g/mol. The summed E-state index contributed by atoms with van der Waals surface area (Å²) in [6.45, 7) is 5.27. The number of alkyl halides is 1. The van der Waals surface area contributed by atoms with Gasteiger partial charge >= 0.3 is 6.09 Å². The molecule has 4 saturated carbocycles. The average Bonchev–Trinajstić information content (AvgIpc) is 2.97. The van der Waals surface area contributed by atoms with Crippen molar-refractivity contribution in [2.24, 2.45) is 17.8 Å². The van der Waals surface area contributed by atoms with Gasteiger partial charge < -0.3 is 9.64 Å². The first-order valence-electron chi connectivity index (χ1n) is 10.9. The van der Waals surface area contributed by atoms with Crippen LogP contribution in [-0.4, -0.2) is 58.2 Å². The molecule has 2 amide bonds. The maximum atomic E-state index is 13.9. The Labute approximate surface area is 172 Å². The summed E-state index contributed by atoms with van der Waals surface area (Å²) in [7, 11) is 0. The number of likely N-dealkylation sites (tertiary alicyclic amines) is 1. The molecule has 4 bridgehead atoms. The zero-order valence-corrected chi connectivity index (χ0v) is 17.7. The molecule has 1 heterocycles. The van der Waals surface area contributed by atoms with E-state index in [1.807, 2.05) is 26.8 Å². The Kier molecular flexibility index (Phi) is 5.03. The van der Waals surface area contributed by atoms with Crippen LogP contribution in [0.2, 0.25) is 0 Å². The highest BCUT2D eigenvalue weighted by Crippen LogP contribution is 2.58. The van der Waals surface area contributed by atoms with Gasteiger partial charge in [-0.1, -0.05) is 0 Å². The number of halogens is 1. The molecular weight excluding hydrogens is 373 g/mol. The molecule has 4 aliphatic carbocycles. The molecule has 7 heteroatoms. The number of nitriles is 1. The second-order valence-electron chi connectivity index (χ2n) is 10.7. The molecule has 29 heavy (non-hydrogen) atoms. The third-order valence-electron chi connectivity index (χ3n) is 7.21. The van der Waals surface area contributed by atoms with E-state index in [0.29, 0.717) is 17.8 Å². The van der Waals surface area contributed by atoms with Crippen LogP contribution in [-0.2, 0) is 9.53 Å². The van der Waals surface area contributed by atoms with Gasteiger partial charge in [0.2, 0.25) is 5.91 Å². The van der Waals surface area contributed by atoms with Crippen LogP contribution in [0.25, 0.3) is 0 Å². The minimum Gasteiger partial charge on any atom is -0.444 e. The van der Waals surface area contributed by atoms with Gasteiger partial charge in [0.1, 0.15) is 24.4 Å². The fraction of sp³-hybridized carbons (Fsp3) is 0.864. The molecule has 5 rings (SSSR count). The van der Waals surface area contributed by atoms with E-state index < -0.39 is 23.9 Å². The van der Waals surface area contributed by atoms with Crippen molar-refractivity contribution < 1.29 is 18.7 Å². The Bertz CT molecular complexity index is 691. The predicted octanol–water partition coefficient (Wildman–Crippen LogP) is 3.65. The molecule has 0 aromatic carbocycles. The summed E-state index contributed by atoms with van der Waals surface area (Å²) < 4.78 is 19.6. The van der Waals surface area contributed by atoms with E-state index in [-0.39, 0.29) is 31.0 Å². The van der Waals surface area contributed by atoms with Crippen LogP contribution >= 0.6 is 0 Å². The first-order chi connectivity index (χ1) is 13.6. The summed E-state index contributed by atoms with van der Waals surface area (Å²) in [4.78, 5) is 29.3. The van der Waals surface area contributed by atoms with Crippen molar-refractivity contribution in [3.8, 4) is 6.07 Å². The van der Waals surface area contributed by atoms with Crippen molar-refractivity contribution in [2.75, 3.05) is 13.1 Å². The molecule has 0 aromatic rings. The highest BCUT2D eigenvalue weighted by atomic mass is 19.1. The van der Waals surface area contributed by atoms with Crippen LogP contribution in [0.3, 0.4) is 0 Å². The number of hydrogen-bond donors (Lipinski definition) is 0. The van der Waals surface area contributed by atoms with Crippen LogP contribution < -0.4 is 0 Å². The summed E-state index contributed by atoms with van der Waals surface area (Å²) in [5.41, 5.74) is -1.00. The highest BCUT2D eigenvalue weighted by Gasteiger charge is 2.56. The Hall–Kier alpha value is -1.84. The zero-order valence-electron chi connectivity index (χ0n) is 17.7. The van der Waals surface area contributed by atoms with E-state index in [0.717, 1.165) is 19.3 Å². The molecule has 2 unspecified atom stereocenters. The van der Waals surface area contributed by atoms with E-state index in [1.54, 1.807) is 4.90 Å². The number of carbonyl (C=O) groups excluding carboxylic acids is 2. The van der Waals surface area contributed by atoms with Gasteiger partial charge in [-0.05, 0) is 77.0 Å². The molecule has 5 fully saturated rings. The maximum absolute atomic E-state index is 13.9. The molecule has 5 aliphatic rings. The summed E-state index contributed by atoms with van der Waals surface area (Å²) >= 11 is 0. The predicted molar refractivity (Wildman–Crippen MR) is 104 cm³/mol. The van der Waals surface area contributed by atoms with Crippen molar-refractivity contribution in [1.29, 1.82) is 5.26 Å². The number of ether oxygens (including phenoxy) is 1. The lowest BCUT2D eigenvalue weighted by molar-refractivity contribution is -0.139. The van der Waals surface area contributed by atoms with Crippen LogP contribution in [0.4, 0.5) is 9.18 Å². The van der Waals surface area contributed by atoms with Gasteiger partial charge in [-0.3, -0.25) is 9.69 Å². The van der Waals surface area contributed by atoms with Crippen LogP contribution in [0.5, 0.6) is 0 Å². The zero-order chi connectivity index (χ0) is 21.0. The summed E-state index contributed by atoms with van der Waals surface area (Å²) in [6, 6.07) is 1.28. The fourth-order valence-electron chi connectivity index (χ4n) is 6.55. The van der Waals surface area contributed by atoms with Gasteiger partial charge in [0, 0.05) is 12.0 Å². The molecular formula is C22H32FN3O3. The second kappa shape index (κ2) is 7.14. The Morgan fingerprint density at radius 2 is 1.69 bits per heavy atom. The van der Waals surface area contributed by atoms with Gasteiger partial charge in [-0.2, -0.15) is 5.26 Å². The van der Waals surface area contributed by atoms with E-state index in [1.165, 1.54) is 24.2 Å². The lowest BCUT2D eigenvalue weighted by Gasteiger charge is -2.60. The number of carbonyl (C=O) groups is 2. The van der Waals surface area contributed by atoms with Crippen molar-refractivity contribution in [3.05, 3.63) is 0 Å². The molecule has 1 aliphatic heterocycles. The number of hydrogen-bond acceptors (Lipinski definition) is 4. The molecule has 0 radical (unpaired) electrons. The number of rotatable bonds is 3. The van der Waals surface area contributed by atoms with Crippen molar-refractivity contribution >= 4 is 12.0 Å². The molecule has 1 saturated heterocycles. The summed E-state index contributed by atoms with van der Waals surface area (Å²) in [6.07, 6.45) is 4.82.